The molecule has 1 fully saturated rings. The molecule has 0 spiro atoms. The molecule has 3 rings (SSSR count). The number of carbonyl (C=O) groups excluding carboxylic acids is 4. The van der Waals surface area contributed by atoms with Crippen molar-refractivity contribution in [1.29, 1.82) is 0 Å². The maximum absolute atomic E-state index is 13.1. The summed E-state index contributed by atoms with van der Waals surface area (Å²) in [6.07, 6.45) is 0.603. The Morgan fingerprint density at radius 3 is 2.65 bits per heavy atom. The van der Waals surface area contributed by atoms with Gasteiger partial charge in [-0.15, -0.1) is 0 Å². The number of benzene rings is 2. The molecule has 1 aliphatic rings. The lowest BCUT2D eigenvalue weighted by atomic mass is 9.88. The van der Waals surface area contributed by atoms with E-state index in [2.05, 4.69) is 16.0 Å². The molecule has 0 bridgehead atoms. The zero-order chi connectivity index (χ0) is 22.4. The Morgan fingerprint density at radius 2 is 1.87 bits per heavy atom. The van der Waals surface area contributed by atoms with Crippen molar-refractivity contribution in [3.63, 3.8) is 0 Å². The highest BCUT2D eigenvalue weighted by Gasteiger charge is 2.50. The van der Waals surface area contributed by atoms with Crippen LogP contribution < -0.4 is 16.0 Å². The number of nitrogens with zero attached hydrogens (tertiary/aromatic N) is 1. The highest BCUT2D eigenvalue weighted by Crippen LogP contribution is 2.33. The summed E-state index contributed by atoms with van der Waals surface area (Å²) in [6, 6.07) is 11.7. The van der Waals surface area contributed by atoms with Crippen molar-refractivity contribution in [2.75, 3.05) is 26.3 Å². The first-order chi connectivity index (χ1) is 14.9. The van der Waals surface area contributed by atoms with Gasteiger partial charge in [0.1, 0.15) is 12.1 Å². The molecule has 0 radical (unpaired) electrons. The molecule has 1 atom stereocenters. The van der Waals surface area contributed by atoms with Crippen LogP contribution in [-0.2, 0) is 19.9 Å². The molecule has 3 N–H and O–H groups in total. The number of ether oxygens (including phenoxy) is 1. The van der Waals surface area contributed by atoms with Gasteiger partial charge in [0.15, 0.2) is 0 Å². The summed E-state index contributed by atoms with van der Waals surface area (Å²) in [6.45, 7) is 4.35. The third-order valence-electron chi connectivity index (χ3n) is 5.11. The molecule has 0 saturated carbocycles. The molecule has 6 amide bonds. The van der Waals surface area contributed by atoms with Gasteiger partial charge in [0.05, 0.1) is 0 Å². The second-order valence-electron chi connectivity index (χ2n) is 7.33. The van der Waals surface area contributed by atoms with Gasteiger partial charge in [-0.25, -0.2) is 9.59 Å². The smallest absolute Gasteiger partial charge is 0.325 e. The molecule has 2 aromatic carbocycles. The Kier molecular flexibility index (Phi) is 6.86. The second kappa shape index (κ2) is 9.57. The second-order valence-corrected chi connectivity index (χ2v) is 7.33. The van der Waals surface area contributed by atoms with E-state index in [0.29, 0.717) is 31.7 Å². The molecule has 0 aliphatic carbocycles. The first-order valence-corrected chi connectivity index (χ1v) is 10.1. The average Bonchev–Trinajstić information content (AvgIpc) is 2.97. The largest absolute Gasteiger partial charge is 0.382 e. The van der Waals surface area contributed by atoms with Crippen LogP contribution in [0.1, 0.15) is 25.8 Å². The van der Waals surface area contributed by atoms with E-state index < -0.39 is 36.0 Å². The zero-order valence-corrected chi connectivity index (χ0v) is 17.6. The minimum Gasteiger partial charge on any atom is -0.382 e. The summed E-state index contributed by atoms with van der Waals surface area (Å²) in [7, 11) is 0. The predicted molar refractivity (Wildman–Crippen MR) is 114 cm³/mol. The minimum absolute atomic E-state index is 0.335. The lowest BCUT2D eigenvalue weighted by Crippen LogP contribution is -2.47. The maximum atomic E-state index is 13.1. The molecule has 1 saturated heterocycles. The van der Waals surface area contributed by atoms with Crippen LogP contribution in [0.4, 0.5) is 9.59 Å². The molecule has 0 unspecified atom stereocenters. The third-order valence-corrected chi connectivity index (χ3v) is 5.11. The Hall–Kier alpha value is -3.46. The van der Waals surface area contributed by atoms with Crippen LogP contribution in [0.2, 0.25) is 0 Å². The van der Waals surface area contributed by atoms with Gasteiger partial charge in [-0.3, -0.25) is 19.8 Å². The fourth-order valence-corrected chi connectivity index (χ4v) is 3.56. The van der Waals surface area contributed by atoms with E-state index in [1.807, 2.05) is 43.3 Å². The predicted octanol–water partition coefficient (Wildman–Crippen LogP) is 1.86. The number of fused-ring (bicyclic) bond motifs is 1. The molecular weight excluding hydrogens is 400 g/mol. The van der Waals surface area contributed by atoms with Crippen molar-refractivity contribution in [3.05, 3.63) is 48.0 Å². The summed E-state index contributed by atoms with van der Waals surface area (Å²) in [5, 5.41) is 9.12. The zero-order valence-electron chi connectivity index (χ0n) is 17.6. The first-order valence-electron chi connectivity index (χ1n) is 10.1. The molecular formula is C22H26N4O5. The van der Waals surface area contributed by atoms with E-state index in [1.54, 1.807) is 13.0 Å². The molecule has 9 heteroatoms. The Balaban J connectivity index is 1.65. The normalized spacial score (nSPS) is 18.2. The summed E-state index contributed by atoms with van der Waals surface area (Å²) >= 11 is 0. The Bertz CT molecular complexity index is 1000. The summed E-state index contributed by atoms with van der Waals surface area (Å²) in [5.74, 6) is -1.31. The van der Waals surface area contributed by atoms with Crippen LogP contribution in [0, 0.1) is 0 Å². The number of carbonyl (C=O) groups is 4. The van der Waals surface area contributed by atoms with E-state index in [9.17, 15) is 19.2 Å². The van der Waals surface area contributed by atoms with Crippen molar-refractivity contribution in [3.8, 4) is 0 Å². The lowest BCUT2D eigenvalue weighted by Gasteiger charge is -2.24. The van der Waals surface area contributed by atoms with Gasteiger partial charge in [-0.2, -0.15) is 0 Å². The van der Waals surface area contributed by atoms with Gasteiger partial charge in [0.25, 0.3) is 5.91 Å². The van der Waals surface area contributed by atoms with Crippen molar-refractivity contribution < 1.29 is 23.9 Å². The lowest BCUT2D eigenvalue weighted by molar-refractivity contribution is -0.134. The topological polar surface area (TPSA) is 117 Å². The summed E-state index contributed by atoms with van der Waals surface area (Å²) < 4.78 is 5.16. The van der Waals surface area contributed by atoms with Gasteiger partial charge < -0.3 is 15.4 Å². The van der Waals surface area contributed by atoms with E-state index >= 15 is 0 Å². The number of nitrogens with one attached hydrogen (secondary N) is 3. The van der Waals surface area contributed by atoms with Crippen molar-refractivity contribution >= 4 is 34.6 Å². The van der Waals surface area contributed by atoms with E-state index in [0.717, 1.165) is 15.7 Å². The highest BCUT2D eigenvalue weighted by molar-refractivity contribution is 6.11. The number of hydrogen-bond donors (Lipinski definition) is 3. The van der Waals surface area contributed by atoms with Gasteiger partial charge in [0, 0.05) is 19.8 Å². The Labute approximate surface area is 180 Å². The van der Waals surface area contributed by atoms with Crippen molar-refractivity contribution in [1.82, 2.24) is 20.9 Å². The van der Waals surface area contributed by atoms with Crippen LogP contribution >= 0.6 is 0 Å². The Morgan fingerprint density at radius 1 is 1.13 bits per heavy atom. The number of rotatable bonds is 8. The average molecular weight is 426 g/mol. The quantitative estimate of drug-likeness (QED) is 0.440. The van der Waals surface area contributed by atoms with Gasteiger partial charge in [-0.1, -0.05) is 42.5 Å². The summed E-state index contributed by atoms with van der Waals surface area (Å²) in [4.78, 5) is 50.5. The molecule has 164 valence electrons. The maximum Gasteiger partial charge on any atom is 0.325 e. The molecule has 0 aromatic heterocycles. The molecule has 1 aliphatic heterocycles. The highest BCUT2D eigenvalue weighted by atomic mass is 16.5. The standard InChI is InChI=1S/C22H26N4O5/c1-3-31-13-7-12-23-20(29)24-18(27)14-26-19(28)22(2,25-21(26)30)17-11-6-9-15-8-4-5-10-16(15)17/h4-6,8-11H,3,7,12-14H2,1-2H3,(H,25,30)(H2,23,24,27,29)/t22-/m0/s1. The van der Waals surface area contributed by atoms with Crippen LogP contribution in [0.15, 0.2) is 42.5 Å². The van der Waals surface area contributed by atoms with E-state index in [4.69, 9.17) is 4.74 Å². The van der Waals surface area contributed by atoms with Gasteiger partial charge >= 0.3 is 12.1 Å². The SMILES string of the molecule is CCOCCCNC(=O)NC(=O)CN1C(=O)N[C@@](C)(c2cccc3ccccc23)C1=O. The monoisotopic (exact) mass is 426 g/mol. The third kappa shape index (κ3) is 4.83. The van der Waals surface area contributed by atoms with E-state index in [1.165, 1.54) is 0 Å². The number of amides is 6. The van der Waals surface area contributed by atoms with E-state index in [-0.39, 0.29) is 0 Å². The van der Waals surface area contributed by atoms with Crippen LogP contribution in [0.25, 0.3) is 10.8 Å². The number of imide groups is 2. The van der Waals surface area contributed by atoms with Crippen molar-refractivity contribution in [2.24, 2.45) is 0 Å². The summed E-state index contributed by atoms with van der Waals surface area (Å²) in [5.41, 5.74) is -0.682. The van der Waals surface area contributed by atoms with Gasteiger partial charge in [-0.05, 0) is 36.6 Å². The van der Waals surface area contributed by atoms with Crippen LogP contribution in [-0.4, -0.2) is 55.1 Å². The molecule has 2 aromatic rings. The van der Waals surface area contributed by atoms with Gasteiger partial charge in [0.2, 0.25) is 5.91 Å². The molecule has 1 heterocycles. The number of hydrogen-bond acceptors (Lipinski definition) is 5. The number of urea groups is 2. The fourth-order valence-electron chi connectivity index (χ4n) is 3.56. The van der Waals surface area contributed by atoms with Crippen LogP contribution in [0.3, 0.4) is 0 Å². The fraction of sp³-hybridized carbons (Fsp3) is 0.364. The molecule has 31 heavy (non-hydrogen) atoms. The van der Waals surface area contributed by atoms with Crippen molar-refractivity contribution in [2.45, 2.75) is 25.8 Å². The van der Waals surface area contributed by atoms with Crippen LogP contribution in [0.5, 0.6) is 0 Å². The minimum atomic E-state index is -1.32. The first kappa shape index (κ1) is 22.2. The molecule has 9 nitrogen and oxygen atoms in total.